The Balaban J connectivity index is 2.13. The summed E-state index contributed by atoms with van der Waals surface area (Å²) < 4.78 is 9.83. The first-order valence-corrected chi connectivity index (χ1v) is 4.23. The molecule has 0 aliphatic carbocycles. The molecule has 0 aromatic rings. The van der Waals surface area contributed by atoms with Gasteiger partial charge in [0.25, 0.3) is 0 Å². The lowest BCUT2D eigenvalue weighted by Crippen LogP contribution is -2.52. The first-order chi connectivity index (χ1) is 6.63. The first-order valence-electron chi connectivity index (χ1n) is 4.23. The van der Waals surface area contributed by atoms with E-state index < -0.39 is 43.3 Å². The zero-order chi connectivity index (χ0) is 10.3. The number of fused-ring (bicyclic) bond motifs is 2. The van der Waals surface area contributed by atoms with Gasteiger partial charge >= 0.3 is 6.09 Å². The molecule has 14 heavy (non-hydrogen) atoms. The molecule has 1 amide bonds. The second-order valence-corrected chi connectivity index (χ2v) is 3.28. The molecule has 2 aliphatic rings. The summed E-state index contributed by atoms with van der Waals surface area (Å²) in [6.45, 7) is -0.516. The van der Waals surface area contributed by atoms with Crippen molar-refractivity contribution in [3.8, 4) is 0 Å². The molecule has 0 spiro atoms. The highest BCUT2D eigenvalue weighted by molar-refractivity contribution is 5.69. The van der Waals surface area contributed by atoms with Gasteiger partial charge < -0.3 is 24.8 Å². The van der Waals surface area contributed by atoms with Gasteiger partial charge in [-0.15, -0.1) is 0 Å². The number of aliphatic hydroxyl groups excluding tert-OH is 3. The summed E-state index contributed by atoms with van der Waals surface area (Å²) in [5.41, 5.74) is 0. The third-order valence-electron chi connectivity index (χ3n) is 2.34. The van der Waals surface area contributed by atoms with Crippen LogP contribution in [0.5, 0.6) is 0 Å². The van der Waals surface area contributed by atoms with Crippen molar-refractivity contribution in [3.05, 3.63) is 0 Å². The standard InChI is InChI=1S/C7H11NO6/c9-1-2(10)4-5-3(11)6(13-4)8-7(12)14-5/h2-6,9-11H,1H2,(H,8,12). The third kappa shape index (κ3) is 1.34. The van der Waals surface area contributed by atoms with E-state index in [1.54, 1.807) is 0 Å². The number of carbonyl (C=O) groups is 1. The van der Waals surface area contributed by atoms with E-state index in [9.17, 15) is 15.0 Å². The van der Waals surface area contributed by atoms with Crippen molar-refractivity contribution in [3.63, 3.8) is 0 Å². The molecule has 5 atom stereocenters. The molecule has 0 aromatic heterocycles. The van der Waals surface area contributed by atoms with Crippen molar-refractivity contribution in [2.45, 2.75) is 30.6 Å². The van der Waals surface area contributed by atoms with Gasteiger partial charge in [0.2, 0.25) is 0 Å². The van der Waals surface area contributed by atoms with Crippen LogP contribution < -0.4 is 5.32 Å². The number of hydrogen-bond acceptors (Lipinski definition) is 6. The van der Waals surface area contributed by atoms with Crippen LogP contribution in [0.4, 0.5) is 4.79 Å². The Morgan fingerprint density at radius 2 is 2.29 bits per heavy atom. The maximum atomic E-state index is 10.9. The molecule has 2 fully saturated rings. The van der Waals surface area contributed by atoms with Gasteiger partial charge in [-0.3, -0.25) is 5.32 Å². The van der Waals surface area contributed by atoms with Gasteiger partial charge in [0, 0.05) is 0 Å². The molecule has 80 valence electrons. The first kappa shape index (κ1) is 9.66. The third-order valence-corrected chi connectivity index (χ3v) is 2.34. The summed E-state index contributed by atoms with van der Waals surface area (Å²) in [7, 11) is 0. The molecule has 2 saturated heterocycles. The minimum Gasteiger partial charge on any atom is -0.440 e. The summed E-state index contributed by atoms with van der Waals surface area (Å²) in [4.78, 5) is 10.9. The fraction of sp³-hybridized carbons (Fsp3) is 0.857. The van der Waals surface area contributed by atoms with Crippen molar-refractivity contribution in [1.29, 1.82) is 0 Å². The van der Waals surface area contributed by atoms with Crippen LogP contribution in [0.1, 0.15) is 0 Å². The normalized spacial score (nSPS) is 42.9. The summed E-state index contributed by atoms with van der Waals surface area (Å²) in [5.74, 6) is 0. The topological polar surface area (TPSA) is 108 Å². The maximum Gasteiger partial charge on any atom is 0.409 e. The number of nitrogens with one attached hydrogen (secondary N) is 1. The lowest BCUT2D eigenvalue weighted by molar-refractivity contribution is -0.0714. The lowest BCUT2D eigenvalue weighted by Gasteiger charge is -2.25. The van der Waals surface area contributed by atoms with Crippen molar-refractivity contribution in [2.75, 3.05) is 6.61 Å². The molecule has 7 nitrogen and oxygen atoms in total. The molecule has 2 bridgehead atoms. The Kier molecular flexibility index (Phi) is 2.31. The number of hydrogen-bond donors (Lipinski definition) is 4. The lowest BCUT2D eigenvalue weighted by atomic mass is 10.1. The van der Waals surface area contributed by atoms with Crippen LogP contribution in [-0.4, -0.2) is 58.7 Å². The molecule has 0 saturated carbocycles. The maximum absolute atomic E-state index is 10.9. The van der Waals surface area contributed by atoms with Gasteiger partial charge in [0.05, 0.1) is 6.61 Å². The van der Waals surface area contributed by atoms with E-state index in [2.05, 4.69) is 5.32 Å². The van der Waals surface area contributed by atoms with E-state index in [4.69, 9.17) is 14.6 Å². The molecule has 2 rings (SSSR count). The number of amides is 1. The Morgan fingerprint density at radius 3 is 2.93 bits per heavy atom. The van der Waals surface area contributed by atoms with Crippen LogP contribution in [-0.2, 0) is 9.47 Å². The number of rotatable bonds is 2. The monoisotopic (exact) mass is 205 g/mol. The number of aliphatic hydroxyl groups is 3. The molecule has 4 N–H and O–H groups in total. The van der Waals surface area contributed by atoms with Crippen LogP contribution in [0, 0.1) is 0 Å². The predicted octanol–water partition coefficient (Wildman–Crippen LogP) is -2.47. The average Bonchev–Trinajstić information content (AvgIpc) is 2.38. The van der Waals surface area contributed by atoms with Crippen LogP contribution in [0.3, 0.4) is 0 Å². The van der Waals surface area contributed by atoms with Gasteiger partial charge in [-0.2, -0.15) is 0 Å². The van der Waals surface area contributed by atoms with E-state index in [0.717, 1.165) is 0 Å². The fourth-order valence-electron chi connectivity index (χ4n) is 1.64. The molecule has 0 radical (unpaired) electrons. The molecule has 0 aromatic carbocycles. The number of carbonyl (C=O) groups excluding carboxylic acids is 1. The van der Waals surface area contributed by atoms with E-state index in [-0.39, 0.29) is 0 Å². The van der Waals surface area contributed by atoms with E-state index in [1.807, 2.05) is 0 Å². The number of ether oxygens (including phenoxy) is 2. The Labute approximate surface area is 79.2 Å². The van der Waals surface area contributed by atoms with Gasteiger partial charge in [-0.05, 0) is 0 Å². The van der Waals surface area contributed by atoms with E-state index in [1.165, 1.54) is 0 Å². The summed E-state index contributed by atoms with van der Waals surface area (Å²) in [6, 6.07) is 0. The van der Waals surface area contributed by atoms with Gasteiger partial charge in [0.1, 0.15) is 18.3 Å². The van der Waals surface area contributed by atoms with Gasteiger partial charge in [-0.25, -0.2) is 4.79 Å². The van der Waals surface area contributed by atoms with E-state index in [0.29, 0.717) is 0 Å². The molecular weight excluding hydrogens is 194 g/mol. The van der Waals surface area contributed by atoms with Crippen LogP contribution in [0.15, 0.2) is 0 Å². The van der Waals surface area contributed by atoms with Crippen molar-refractivity contribution in [2.24, 2.45) is 0 Å². The Hall–Kier alpha value is -0.890. The molecule has 5 unspecified atom stereocenters. The largest absolute Gasteiger partial charge is 0.440 e. The highest BCUT2D eigenvalue weighted by atomic mass is 16.6. The van der Waals surface area contributed by atoms with Crippen molar-refractivity contribution in [1.82, 2.24) is 5.32 Å². The Bertz CT molecular complexity index is 246. The minimum atomic E-state index is -1.17. The second-order valence-electron chi connectivity index (χ2n) is 3.28. The Morgan fingerprint density at radius 1 is 1.57 bits per heavy atom. The van der Waals surface area contributed by atoms with Crippen LogP contribution in [0.2, 0.25) is 0 Å². The van der Waals surface area contributed by atoms with Crippen molar-refractivity contribution < 1.29 is 29.6 Å². The number of alkyl carbamates (subject to hydrolysis) is 1. The second kappa shape index (κ2) is 3.35. The van der Waals surface area contributed by atoms with Crippen LogP contribution >= 0.6 is 0 Å². The molecule has 2 aliphatic heterocycles. The molecule has 7 heteroatoms. The van der Waals surface area contributed by atoms with E-state index >= 15 is 0 Å². The quantitative estimate of drug-likeness (QED) is 0.398. The molecular formula is C7H11NO6. The van der Waals surface area contributed by atoms with Crippen molar-refractivity contribution >= 4 is 6.09 Å². The zero-order valence-corrected chi connectivity index (χ0v) is 7.16. The van der Waals surface area contributed by atoms with Gasteiger partial charge in [-0.1, -0.05) is 0 Å². The highest BCUT2D eigenvalue weighted by Gasteiger charge is 2.52. The summed E-state index contributed by atoms with van der Waals surface area (Å²) >= 11 is 0. The van der Waals surface area contributed by atoms with Crippen LogP contribution in [0.25, 0.3) is 0 Å². The molecule has 2 heterocycles. The minimum absolute atomic E-state index is 0.516. The zero-order valence-electron chi connectivity index (χ0n) is 7.16. The van der Waals surface area contributed by atoms with Gasteiger partial charge in [0.15, 0.2) is 12.3 Å². The highest BCUT2D eigenvalue weighted by Crippen LogP contribution is 2.28. The summed E-state index contributed by atoms with van der Waals surface area (Å²) in [6.07, 6.45) is -5.56. The SMILES string of the molecule is O=C1NC2OC(C(O)CO)C(O1)C2O. The smallest absolute Gasteiger partial charge is 0.409 e. The fourth-order valence-corrected chi connectivity index (χ4v) is 1.64. The predicted molar refractivity (Wildman–Crippen MR) is 41.2 cm³/mol. The average molecular weight is 205 g/mol. The summed E-state index contributed by atoms with van der Waals surface area (Å²) in [5, 5.41) is 29.7.